The van der Waals surface area contributed by atoms with Crippen molar-refractivity contribution in [1.82, 2.24) is 15.2 Å². The number of aliphatic carboxylic acids is 1. The number of carboxylic acids is 1. The molecule has 2 saturated heterocycles. The molecule has 26 heavy (non-hydrogen) atoms. The second-order valence-electron chi connectivity index (χ2n) is 6.13. The predicted molar refractivity (Wildman–Crippen MR) is 90.3 cm³/mol. The van der Waals surface area contributed by atoms with Crippen LogP contribution in [0.1, 0.15) is 17.4 Å². The molecule has 0 spiro atoms. The fourth-order valence-electron chi connectivity index (χ4n) is 2.67. The second kappa shape index (κ2) is 6.68. The molecule has 0 aliphatic carbocycles. The Bertz CT molecular complexity index is 877. The van der Waals surface area contributed by atoms with E-state index >= 15 is 0 Å². The number of aromatic amines is 1. The van der Waals surface area contributed by atoms with Crippen molar-refractivity contribution in [3.05, 3.63) is 15.9 Å². The molecule has 3 N–H and O–H groups in total. The lowest BCUT2D eigenvalue weighted by Gasteiger charge is -2.53. The van der Waals surface area contributed by atoms with E-state index in [2.05, 4.69) is 15.3 Å². The number of ketones is 1. The summed E-state index contributed by atoms with van der Waals surface area (Å²) in [4.78, 5) is 65.6. The number of nitrogens with one attached hydrogen (secondary N) is 2. The minimum atomic E-state index is -1.04. The number of carbonyl (C=O) groups is 5. The van der Waals surface area contributed by atoms with Crippen LogP contribution in [0.4, 0.5) is 0 Å². The highest BCUT2D eigenvalue weighted by Crippen LogP contribution is 2.41. The summed E-state index contributed by atoms with van der Waals surface area (Å²) in [6.45, 7) is 1.63. The van der Waals surface area contributed by atoms with Crippen molar-refractivity contribution in [3.8, 4) is 0 Å². The van der Waals surface area contributed by atoms with E-state index in [4.69, 9.17) is 0 Å². The predicted octanol–water partition coefficient (Wildman–Crippen LogP) is -1.19. The van der Waals surface area contributed by atoms with Gasteiger partial charge in [-0.2, -0.15) is 4.99 Å². The number of carbonyl (C=O) groups excluding carboxylic acids is 4. The molecule has 2 fully saturated rings. The van der Waals surface area contributed by atoms with Gasteiger partial charge in [-0.15, -0.1) is 23.1 Å². The number of β-lactam (4-membered cyclic amide) rings is 1. The number of fused-ring (bicyclic) bond motifs is 1. The fourth-order valence-corrected chi connectivity index (χ4v) is 4.83. The Kier molecular flexibility index (Phi) is 4.71. The molecule has 1 aromatic rings. The minimum Gasteiger partial charge on any atom is -0.481 e. The minimum absolute atomic E-state index is 0.0357. The summed E-state index contributed by atoms with van der Waals surface area (Å²) >= 11 is 2.25. The van der Waals surface area contributed by atoms with Crippen LogP contribution in [0.3, 0.4) is 0 Å². The molecule has 2 aliphatic heterocycles. The lowest BCUT2D eigenvalue weighted by molar-refractivity contribution is -0.157. The third-order valence-electron chi connectivity index (χ3n) is 4.19. The molecule has 3 atom stereocenters. The van der Waals surface area contributed by atoms with E-state index < -0.39 is 40.4 Å². The van der Waals surface area contributed by atoms with Gasteiger partial charge < -0.3 is 20.3 Å². The largest absolute Gasteiger partial charge is 0.481 e. The number of amides is 3. The number of aromatic nitrogens is 1. The van der Waals surface area contributed by atoms with Crippen LogP contribution in [0.2, 0.25) is 0 Å². The van der Waals surface area contributed by atoms with Crippen molar-refractivity contribution < 1.29 is 29.1 Å². The smallest absolute Gasteiger partial charge is 0.312 e. The number of thioether (sulfide) groups is 1. The van der Waals surface area contributed by atoms with Gasteiger partial charge in [-0.3, -0.25) is 24.0 Å². The molecule has 2 aliphatic rings. The van der Waals surface area contributed by atoms with Gasteiger partial charge in [0.2, 0.25) is 12.3 Å². The van der Waals surface area contributed by atoms with Gasteiger partial charge in [-0.1, -0.05) is 0 Å². The Morgan fingerprint density at radius 1 is 1.50 bits per heavy atom. The number of Topliss-reactive ketones (excluding diaryl/α,β-unsaturated/α-hetero) is 1. The first-order valence-corrected chi connectivity index (χ1v) is 9.35. The number of thiazole rings is 1. The Hall–Kier alpha value is -2.47. The summed E-state index contributed by atoms with van der Waals surface area (Å²) in [6, 6.07) is -0.868. The highest BCUT2D eigenvalue weighted by molar-refractivity contribution is 8.00. The average Bonchev–Trinajstić information content (AvgIpc) is 3.07. The molecular weight excluding hydrogens is 384 g/mol. The van der Waals surface area contributed by atoms with Crippen LogP contribution >= 0.6 is 23.1 Å². The van der Waals surface area contributed by atoms with Crippen LogP contribution in [-0.4, -0.2) is 68.7 Å². The molecule has 3 rings (SSSR count). The first-order chi connectivity index (χ1) is 12.3. The van der Waals surface area contributed by atoms with Crippen LogP contribution in [0, 0.1) is 5.41 Å². The van der Waals surface area contributed by atoms with Gasteiger partial charge in [0.1, 0.15) is 17.1 Å². The molecule has 1 aromatic heterocycles. The molecule has 3 heterocycles. The van der Waals surface area contributed by atoms with E-state index in [-0.39, 0.29) is 17.0 Å². The topological polar surface area (TPSA) is 149 Å². The van der Waals surface area contributed by atoms with Crippen LogP contribution in [-0.2, 0) is 19.2 Å². The Morgan fingerprint density at radius 3 is 2.88 bits per heavy atom. The number of hydrogen-bond donors (Lipinski definition) is 3. The van der Waals surface area contributed by atoms with E-state index in [1.165, 1.54) is 22.0 Å². The Balaban J connectivity index is 1.65. The quantitative estimate of drug-likeness (QED) is 0.244. The molecule has 12 heteroatoms. The van der Waals surface area contributed by atoms with E-state index in [9.17, 15) is 29.1 Å². The summed E-state index contributed by atoms with van der Waals surface area (Å²) < 4.78 is 0. The molecule has 10 nitrogen and oxygen atoms in total. The summed E-state index contributed by atoms with van der Waals surface area (Å²) in [6.07, 6.45) is 0.309. The van der Waals surface area contributed by atoms with Crippen LogP contribution in [0.5, 0.6) is 0 Å². The van der Waals surface area contributed by atoms with Gasteiger partial charge >= 0.3 is 5.97 Å². The van der Waals surface area contributed by atoms with Crippen LogP contribution < -0.4 is 10.1 Å². The van der Waals surface area contributed by atoms with Crippen molar-refractivity contribution in [3.63, 3.8) is 0 Å². The monoisotopic (exact) mass is 398 g/mol. The molecule has 0 radical (unpaired) electrons. The number of hydrogen-bond acceptors (Lipinski definition) is 7. The van der Waals surface area contributed by atoms with Gasteiger partial charge in [0.25, 0.3) is 11.7 Å². The normalized spacial score (nSPS) is 28.1. The highest BCUT2D eigenvalue weighted by atomic mass is 32.2. The molecule has 2 unspecified atom stereocenters. The molecule has 0 aromatic carbocycles. The van der Waals surface area contributed by atoms with Crippen molar-refractivity contribution >= 4 is 53.1 Å². The maximum Gasteiger partial charge on any atom is 0.312 e. The fraction of sp³-hybridized carbons (Fsp3) is 0.429. The second-order valence-corrected chi connectivity index (χ2v) is 8.09. The number of H-pyrrole nitrogens is 1. The van der Waals surface area contributed by atoms with Crippen LogP contribution in [0.15, 0.2) is 10.4 Å². The van der Waals surface area contributed by atoms with E-state index in [0.29, 0.717) is 12.2 Å². The van der Waals surface area contributed by atoms with Crippen molar-refractivity contribution in [2.24, 2.45) is 10.4 Å². The molecule has 3 amide bonds. The standard InChI is InChI=1S/C14H14N4O6S2/c1-14(12(23)24)3-18-10(22)7(11(18)26-4-14)17-9(21)8(20)6-2-25-13(16-6)15-5-19/h2,5,7,11H,3-4H2,1H3,(H,17,21)(H,23,24)(H,15,16,19)/t7?,11-,14?/m1/s1. The highest BCUT2D eigenvalue weighted by Gasteiger charge is 2.56. The van der Waals surface area contributed by atoms with E-state index in [1.807, 2.05) is 0 Å². The lowest BCUT2D eigenvalue weighted by Crippen LogP contribution is -2.73. The average molecular weight is 398 g/mol. The zero-order valence-corrected chi connectivity index (χ0v) is 15.1. The van der Waals surface area contributed by atoms with Gasteiger partial charge in [-0.05, 0) is 6.92 Å². The number of rotatable bonds is 5. The van der Waals surface area contributed by atoms with E-state index in [0.717, 1.165) is 11.3 Å². The lowest BCUT2D eigenvalue weighted by atomic mass is 9.89. The summed E-state index contributed by atoms with van der Waals surface area (Å²) in [7, 11) is 0. The molecule has 138 valence electrons. The summed E-state index contributed by atoms with van der Waals surface area (Å²) in [5.41, 5.74) is -1.07. The first-order valence-electron chi connectivity index (χ1n) is 7.43. The molecular formula is C14H14N4O6S2. The van der Waals surface area contributed by atoms with Crippen molar-refractivity contribution in [1.29, 1.82) is 0 Å². The first kappa shape index (κ1) is 18.3. The molecule has 0 bridgehead atoms. The zero-order valence-electron chi connectivity index (χ0n) is 13.4. The molecule has 0 saturated carbocycles. The Labute approximate surface area is 154 Å². The summed E-state index contributed by atoms with van der Waals surface area (Å²) in [5, 5.41) is 12.6. The maximum atomic E-state index is 12.2. The maximum absolute atomic E-state index is 12.2. The van der Waals surface area contributed by atoms with Gasteiger partial charge in [-0.25, -0.2) is 0 Å². The van der Waals surface area contributed by atoms with Gasteiger partial charge in [0.15, 0.2) is 4.80 Å². The SMILES string of the molecule is CC1(C(=O)O)CS[C@@H]2C(NC(=O)C(=O)c3csc(=NC=O)[nH]3)C(=O)N2C1. The third kappa shape index (κ3) is 3.05. The third-order valence-corrected chi connectivity index (χ3v) is 6.64. The number of nitrogens with zero attached hydrogens (tertiary/aromatic N) is 2. The van der Waals surface area contributed by atoms with E-state index in [1.54, 1.807) is 6.92 Å². The van der Waals surface area contributed by atoms with Gasteiger partial charge in [0.05, 0.1) is 5.41 Å². The summed E-state index contributed by atoms with van der Waals surface area (Å²) in [5.74, 6) is -2.94. The van der Waals surface area contributed by atoms with Crippen molar-refractivity contribution in [2.75, 3.05) is 12.3 Å². The zero-order chi connectivity index (χ0) is 19.1. The van der Waals surface area contributed by atoms with Gasteiger partial charge in [0, 0.05) is 17.7 Å². The van der Waals surface area contributed by atoms with Crippen molar-refractivity contribution in [2.45, 2.75) is 18.3 Å². The Morgan fingerprint density at radius 2 is 2.23 bits per heavy atom. The number of carboxylic acid groups (broad SMARTS) is 1. The van der Waals surface area contributed by atoms with Crippen LogP contribution in [0.25, 0.3) is 0 Å².